The Morgan fingerprint density at radius 1 is 0.522 bits per heavy atom. The van der Waals surface area contributed by atoms with Gasteiger partial charge in [0.05, 0.1) is 78.8 Å². The fourth-order valence-electron chi connectivity index (χ4n) is 3.59. The van der Waals surface area contributed by atoms with Crippen LogP contribution in [0.1, 0.15) is 18.5 Å². The SMILES string of the molecule is O=C(O)CC(NC(=O)CN1CCOCCOCCN(CC(=O)NC(CC(=O)O)C(=O)O)CCOCCOCC1)C(=O)O.[H-].[H-].[H-].[H-].[Li+].[Li+].[Li+].[Li+]. The van der Waals surface area contributed by atoms with Crippen LogP contribution in [0, 0.1) is 0 Å². The number of carboxylic acid groups (broad SMARTS) is 4. The third-order valence-corrected chi connectivity index (χ3v) is 5.71. The van der Waals surface area contributed by atoms with E-state index >= 15 is 0 Å². The first-order chi connectivity index (χ1) is 20.0. The van der Waals surface area contributed by atoms with Crippen LogP contribution in [0.5, 0.6) is 0 Å². The van der Waals surface area contributed by atoms with E-state index in [1.54, 1.807) is 9.80 Å². The smallest absolute Gasteiger partial charge is 1.00 e. The summed E-state index contributed by atoms with van der Waals surface area (Å²) in [4.78, 5) is 72.2. The van der Waals surface area contributed by atoms with Crippen molar-refractivity contribution in [2.45, 2.75) is 24.9 Å². The molecule has 0 aromatic carbocycles. The van der Waals surface area contributed by atoms with Crippen molar-refractivity contribution in [3.05, 3.63) is 0 Å². The fraction of sp³-hybridized carbons (Fsp3) is 0.750. The summed E-state index contributed by atoms with van der Waals surface area (Å²) in [5, 5.41) is 40.4. The normalized spacial score (nSPS) is 17.2. The standard InChI is InChI=1S/C24H40N4O14.4Li.4H/c29-19(25-17(23(35)36)13-21(31)32)15-27-1-5-39-9-10-41-7-3-28(4-8-42-12-11-40-6-2-27)16-20(30)26-18(24(37)38)14-22(33)34;;;;;;;;/h17-18H,1-16H2,(H,25,29)(H,26,30)(H,31,32)(H,33,34)(H,35,36)(H,37,38);;;;;;;;/q;4*+1;4*-1. The Kier molecular flexibility index (Phi) is 35.2. The van der Waals surface area contributed by atoms with Gasteiger partial charge in [-0.05, 0) is 0 Å². The van der Waals surface area contributed by atoms with Crippen LogP contribution in [-0.2, 0) is 47.7 Å². The first kappa shape index (κ1) is 51.8. The third kappa shape index (κ3) is 27.0. The molecule has 0 spiro atoms. The van der Waals surface area contributed by atoms with Gasteiger partial charge in [0.1, 0.15) is 12.1 Å². The van der Waals surface area contributed by atoms with E-state index in [2.05, 4.69) is 10.6 Å². The minimum absolute atomic E-state index is 0. The van der Waals surface area contributed by atoms with Gasteiger partial charge in [0.15, 0.2) is 0 Å². The first-order valence-electron chi connectivity index (χ1n) is 13.2. The predicted molar refractivity (Wildman–Crippen MR) is 144 cm³/mol. The molecule has 0 aliphatic carbocycles. The molecule has 0 saturated carbocycles. The van der Waals surface area contributed by atoms with Gasteiger partial charge in [-0.15, -0.1) is 0 Å². The van der Waals surface area contributed by atoms with Gasteiger partial charge < -0.3 is 55.7 Å². The molecule has 6 N–H and O–H groups in total. The van der Waals surface area contributed by atoms with Gasteiger partial charge in [0.2, 0.25) is 11.8 Å². The fourth-order valence-corrected chi connectivity index (χ4v) is 3.59. The molecule has 2 amide bonds. The van der Waals surface area contributed by atoms with Crippen LogP contribution >= 0.6 is 0 Å². The summed E-state index contributed by atoms with van der Waals surface area (Å²) in [6.07, 6.45) is -1.51. The Morgan fingerprint density at radius 3 is 1.00 bits per heavy atom. The van der Waals surface area contributed by atoms with Gasteiger partial charge >= 0.3 is 99.3 Å². The number of rotatable bonds is 12. The molecular formula is C24H44Li4N4O14. The van der Waals surface area contributed by atoms with E-state index in [-0.39, 0.29) is 147 Å². The molecule has 248 valence electrons. The molecule has 2 atom stereocenters. The molecule has 1 aliphatic rings. The summed E-state index contributed by atoms with van der Waals surface area (Å²) in [6.45, 7) is 2.52. The summed E-state index contributed by atoms with van der Waals surface area (Å²) in [6, 6.07) is -3.11. The Labute approximate surface area is 320 Å². The summed E-state index contributed by atoms with van der Waals surface area (Å²) < 4.78 is 22.2. The molecule has 0 aromatic rings. The van der Waals surface area contributed by atoms with Gasteiger partial charge in [-0.3, -0.25) is 29.0 Å². The van der Waals surface area contributed by atoms with Crippen molar-refractivity contribution in [2.24, 2.45) is 0 Å². The number of aliphatic carboxylic acids is 4. The van der Waals surface area contributed by atoms with Crippen LogP contribution in [0.15, 0.2) is 0 Å². The molecule has 22 heteroatoms. The van der Waals surface area contributed by atoms with Gasteiger partial charge in [0.25, 0.3) is 0 Å². The summed E-state index contributed by atoms with van der Waals surface area (Å²) in [7, 11) is 0. The quantitative estimate of drug-likeness (QED) is 0.108. The van der Waals surface area contributed by atoms with Crippen molar-refractivity contribution in [1.82, 2.24) is 20.4 Å². The Bertz CT molecular complexity index is 839. The van der Waals surface area contributed by atoms with E-state index < -0.39 is 60.6 Å². The minimum Gasteiger partial charge on any atom is -1.00 e. The number of nitrogens with zero attached hydrogens (tertiary/aromatic N) is 2. The van der Waals surface area contributed by atoms with E-state index in [4.69, 9.17) is 39.4 Å². The average Bonchev–Trinajstić information content (AvgIpc) is 2.89. The van der Waals surface area contributed by atoms with Crippen molar-refractivity contribution in [2.75, 3.05) is 92.1 Å². The van der Waals surface area contributed by atoms with Crippen LogP contribution in [-0.4, -0.2) is 170 Å². The number of amides is 2. The number of hydrogen-bond donors (Lipinski definition) is 6. The molecule has 0 bridgehead atoms. The number of ether oxygens (including phenoxy) is 4. The maximum absolute atomic E-state index is 12.3. The van der Waals surface area contributed by atoms with Gasteiger partial charge in [0, 0.05) is 26.2 Å². The van der Waals surface area contributed by atoms with Crippen molar-refractivity contribution in [3.8, 4) is 0 Å². The molecule has 1 rings (SSSR count). The second-order valence-corrected chi connectivity index (χ2v) is 9.11. The number of hydrogen-bond acceptors (Lipinski definition) is 12. The predicted octanol–water partition coefficient (Wildman–Crippen LogP) is -14.8. The van der Waals surface area contributed by atoms with E-state index in [0.29, 0.717) is 26.2 Å². The molecule has 0 aromatic heterocycles. The molecule has 1 fully saturated rings. The van der Waals surface area contributed by atoms with Gasteiger partial charge in [-0.2, -0.15) is 0 Å². The maximum atomic E-state index is 12.3. The molecule has 1 aliphatic heterocycles. The minimum atomic E-state index is -1.55. The number of carboxylic acids is 4. The summed E-state index contributed by atoms with van der Waals surface area (Å²) in [5.41, 5.74) is 0. The van der Waals surface area contributed by atoms with Crippen molar-refractivity contribution >= 4 is 35.7 Å². The van der Waals surface area contributed by atoms with Crippen molar-refractivity contribution in [1.29, 1.82) is 0 Å². The second-order valence-electron chi connectivity index (χ2n) is 9.11. The number of carbonyl (C=O) groups is 6. The maximum Gasteiger partial charge on any atom is 1.00 e. The van der Waals surface area contributed by atoms with Crippen LogP contribution in [0.2, 0.25) is 0 Å². The molecule has 2 unspecified atom stereocenters. The largest absolute Gasteiger partial charge is 1.00 e. The van der Waals surface area contributed by atoms with E-state index in [1.807, 2.05) is 0 Å². The Balaban J connectivity index is -0.000000367. The molecule has 0 radical (unpaired) electrons. The molecule has 46 heavy (non-hydrogen) atoms. The zero-order chi connectivity index (χ0) is 31.3. The van der Waals surface area contributed by atoms with E-state index in [1.165, 1.54) is 0 Å². The van der Waals surface area contributed by atoms with Gasteiger partial charge in [-0.25, -0.2) is 9.59 Å². The topological polar surface area (TPSA) is 251 Å². The van der Waals surface area contributed by atoms with Crippen molar-refractivity contribution in [3.63, 3.8) is 0 Å². The molecule has 18 nitrogen and oxygen atoms in total. The Morgan fingerprint density at radius 2 is 0.783 bits per heavy atom. The van der Waals surface area contributed by atoms with Crippen LogP contribution in [0.25, 0.3) is 0 Å². The average molecular weight is 640 g/mol. The van der Waals surface area contributed by atoms with Crippen LogP contribution < -0.4 is 86.1 Å². The third-order valence-electron chi connectivity index (χ3n) is 5.71. The second kappa shape index (κ2) is 31.3. The Hall–Kier alpha value is -1.03. The first-order valence-corrected chi connectivity index (χ1v) is 13.2. The summed E-state index contributed by atoms with van der Waals surface area (Å²) in [5.74, 6) is -6.93. The van der Waals surface area contributed by atoms with E-state index in [0.717, 1.165) is 0 Å². The number of carbonyl (C=O) groups excluding carboxylic acids is 2. The zero-order valence-electron chi connectivity index (χ0n) is 31.2. The zero-order valence-corrected chi connectivity index (χ0v) is 27.2. The molecule has 1 heterocycles. The van der Waals surface area contributed by atoms with Crippen LogP contribution in [0.4, 0.5) is 0 Å². The van der Waals surface area contributed by atoms with Crippen molar-refractivity contribution < 1.29 is 149 Å². The van der Waals surface area contributed by atoms with Gasteiger partial charge in [-0.1, -0.05) is 0 Å². The molecular weight excluding hydrogens is 596 g/mol. The summed E-state index contributed by atoms with van der Waals surface area (Å²) >= 11 is 0. The number of nitrogens with one attached hydrogen (secondary N) is 2. The van der Waals surface area contributed by atoms with Crippen LogP contribution in [0.3, 0.4) is 0 Å². The monoisotopic (exact) mass is 640 g/mol. The van der Waals surface area contributed by atoms with E-state index in [9.17, 15) is 28.8 Å². The molecule has 1 saturated heterocycles.